The molecular weight excluding hydrogens is 283 g/mol. The lowest BCUT2D eigenvalue weighted by atomic mass is 9.92. The lowest BCUT2D eigenvalue weighted by Gasteiger charge is -2.23. The summed E-state index contributed by atoms with van der Waals surface area (Å²) in [5, 5.41) is 0. The van der Waals surface area contributed by atoms with Gasteiger partial charge < -0.3 is 0 Å². The normalized spacial score (nSPS) is 14.6. The van der Waals surface area contributed by atoms with Crippen LogP contribution in [0.1, 0.15) is 32.3 Å². The molecule has 96 valence electrons. The maximum absolute atomic E-state index is 13.6. The molecule has 0 bridgehead atoms. The number of hydrogen-bond donors (Lipinski definition) is 2. The fourth-order valence-electron chi connectivity index (χ4n) is 2.02. The lowest BCUT2D eigenvalue weighted by molar-refractivity contribution is 0.353. The summed E-state index contributed by atoms with van der Waals surface area (Å²) in [5.74, 6) is 5.82. The summed E-state index contributed by atoms with van der Waals surface area (Å²) >= 11 is 3.36. The first-order valence-electron chi connectivity index (χ1n) is 5.98. The van der Waals surface area contributed by atoms with Gasteiger partial charge in [0.2, 0.25) is 0 Å². The minimum atomic E-state index is -0.169. The molecule has 4 heteroatoms. The number of nitrogens with one attached hydrogen (secondary N) is 1. The van der Waals surface area contributed by atoms with Crippen molar-refractivity contribution in [3.05, 3.63) is 34.1 Å². The Morgan fingerprint density at radius 1 is 1.47 bits per heavy atom. The van der Waals surface area contributed by atoms with Gasteiger partial charge in [0.15, 0.2) is 0 Å². The quantitative estimate of drug-likeness (QED) is 0.624. The van der Waals surface area contributed by atoms with Gasteiger partial charge in [0.25, 0.3) is 0 Å². The molecule has 0 saturated carbocycles. The highest BCUT2D eigenvalue weighted by Gasteiger charge is 2.17. The Balaban J connectivity index is 2.76. The topological polar surface area (TPSA) is 38.0 Å². The average Bonchev–Trinajstić information content (AvgIpc) is 2.30. The van der Waals surface area contributed by atoms with Crippen LogP contribution in [-0.4, -0.2) is 6.04 Å². The highest BCUT2D eigenvalue weighted by atomic mass is 79.9. The Morgan fingerprint density at radius 2 is 2.18 bits per heavy atom. The summed E-state index contributed by atoms with van der Waals surface area (Å²) in [6, 6.07) is 5.12. The van der Waals surface area contributed by atoms with Gasteiger partial charge in [0, 0.05) is 10.5 Å². The summed E-state index contributed by atoms with van der Waals surface area (Å²) in [7, 11) is 0. The van der Waals surface area contributed by atoms with Crippen molar-refractivity contribution >= 4 is 15.9 Å². The number of rotatable bonds is 6. The lowest BCUT2D eigenvalue weighted by Crippen LogP contribution is -2.41. The Morgan fingerprint density at radius 3 is 2.76 bits per heavy atom. The van der Waals surface area contributed by atoms with E-state index in [9.17, 15) is 4.39 Å². The Bertz CT molecular complexity index is 357. The maximum Gasteiger partial charge on any atom is 0.126 e. The van der Waals surface area contributed by atoms with Gasteiger partial charge >= 0.3 is 0 Å². The van der Waals surface area contributed by atoms with E-state index in [1.54, 1.807) is 6.07 Å². The van der Waals surface area contributed by atoms with Gasteiger partial charge in [0.05, 0.1) is 0 Å². The minimum absolute atomic E-state index is 0.110. The van der Waals surface area contributed by atoms with Gasteiger partial charge in [-0.15, -0.1) is 0 Å². The zero-order valence-corrected chi connectivity index (χ0v) is 11.9. The average molecular weight is 303 g/mol. The molecule has 0 spiro atoms. The second kappa shape index (κ2) is 7.09. The molecule has 1 aromatic rings. The molecular formula is C13H20BrFN2. The fraction of sp³-hybridized carbons (Fsp3) is 0.538. The van der Waals surface area contributed by atoms with E-state index < -0.39 is 0 Å². The largest absolute Gasteiger partial charge is 0.271 e. The van der Waals surface area contributed by atoms with Crippen LogP contribution in [0, 0.1) is 11.7 Å². The van der Waals surface area contributed by atoms with Crippen LogP contribution in [0.2, 0.25) is 0 Å². The summed E-state index contributed by atoms with van der Waals surface area (Å²) in [4.78, 5) is 0. The minimum Gasteiger partial charge on any atom is -0.271 e. The van der Waals surface area contributed by atoms with E-state index in [-0.39, 0.29) is 11.9 Å². The zero-order valence-electron chi connectivity index (χ0n) is 10.3. The Kier molecular flexibility index (Phi) is 6.09. The summed E-state index contributed by atoms with van der Waals surface area (Å²) < 4.78 is 14.5. The van der Waals surface area contributed by atoms with Crippen molar-refractivity contribution in [1.29, 1.82) is 0 Å². The molecule has 0 radical (unpaired) electrons. The van der Waals surface area contributed by atoms with Crippen LogP contribution in [-0.2, 0) is 6.42 Å². The molecule has 2 nitrogen and oxygen atoms in total. The molecule has 0 amide bonds. The number of halogens is 2. The van der Waals surface area contributed by atoms with Gasteiger partial charge in [-0.05, 0) is 42.5 Å². The van der Waals surface area contributed by atoms with Gasteiger partial charge in [0.1, 0.15) is 5.82 Å². The van der Waals surface area contributed by atoms with E-state index in [2.05, 4.69) is 35.2 Å². The third-order valence-corrected chi connectivity index (χ3v) is 3.59. The molecule has 0 aromatic heterocycles. The maximum atomic E-state index is 13.6. The smallest absolute Gasteiger partial charge is 0.126 e. The van der Waals surface area contributed by atoms with E-state index in [0.717, 1.165) is 17.3 Å². The molecule has 17 heavy (non-hydrogen) atoms. The van der Waals surface area contributed by atoms with E-state index in [1.807, 2.05) is 6.07 Å². The monoisotopic (exact) mass is 302 g/mol. The molecule has 0 fully saturated rings. The second-order valence-corrected chi connectivity index (χ2v) is 5.39. The highest BCUT2D eigenvalue weighted by molar-refractivity contribution is 9.10. The molecule has 0 heterocycles. The Hall–Kier alpha value is -0.450. The van der Waals surface area contributed by atoms with Gasteiger partial charge in [-0.25, -0.2) is 4.39 Å². The molecule has 0 aliphatic heterocycles. The van der Waals surface area contributed by atoms with E-state index >= 15 is 0 Å². The fourth-order valence-corrected chi connectivity index (χ4v) is 2.43. The van der Waals surface area contributed by atoms with Crippen molar-refractivity contribution in [2.24, 2.45) is 11.8 Å². The molecule has 0 aliphatic carbocycles. The van der Waals surface area contributed by atoms with Crippen molar-refractivity contribution in [1.82, 2.24) is 5.43 Å². The first kappa shape index (κ1) is 14.6. The van der Waals surface area contributed by atoms with Crippen molar-refractivity contribution in [2.75, 3.05) is 0 Å². The predicted octanol–water partition coefficient (Wildman–Crippen LogP) is 3.40. The van der Waals surface area contributed by atoms with Crippen LogP contribution >= 0.6 is 15.9 Å². The predicted molar refractivity (Wildman–Crippen MR) is 73.0 cm³/mol. The van der Waals surface area contributed by atoms with Crippen molar-refractivity contribution < 1.29 is 4.39 Å². The third kappa shape index (κ3) is 4.37. The zero-order chi connectivity index (χ0) is 12.8. The summed E-state index contributed by atoms with van der Waals surface area (Å²) in [6.45, 7) is 4.29. The summed E-state index contributed by atoms with van der Waals surface area (Å²) in [6.07, 6.45) is 2.81. The van der Waals surface area contributed by atoms with E-state index in [4.69, 9.17) is 5.84 Å². The molecule has 1 rings (SSSR count). The standard InChI is InChI=1S/C13H20BrFN2/c1-3-4-9(2)13(17-16)8-10-7-11(14)5-6-12(10)15/h5-7,9,13,17H,3-4,8,16H2,1-2H3. The summed E-state index contributed by atoms with van der Waals surface area (Å²) in [5.41, 5.74) is 3.50. The number of nitrogens with two attached hydrogens (primary N) is 1. The number of hydrogen-bond acceptors (Lipinski definition) is 2. The van der Waals surface area contributed by atoms with Gasteiger partial charge in [-0.3, -0.25) is 11.3 Å². The molecule has 3 N–H and O–H groups in total. The second-order valence-electron chi connectivity index (χ2n) is 4.48. The molecule has 0 saturated heterocycles. The molecule has 2 atom stereocenters. The van der Waals surface area contributed by atoms with Gasteiger partial charge in [-0.1, -0.05) is 36.2 Å². The van der Waals surface area contributed by atoms with Crippen LogP contribution in [0.4, 0.5) is 4.39 Å². The van der Waals surface area contributed by atoms with E-state index in [0.29, 0.717) is 17.9 Å². The SMILES string of the molecule is CCCC(C)C(Cc1cc(Br)ccc1F)NN. The van der Waals surface area contributed by atoms with Crippen molar-refractivity contribution in [3.8, 4) is 0 Å². The highest BCUT2D eigenvalue weighted by Crippen LogP contribution is 2.20. The third-order valence-electron chi connectivity index (χ3n) is 3.09. The number of benzene rings is 1. The van der Waals surface area contributed by atoms with Crippen LogP contribution in [0.15, 0.2) is 22.7 Å². The van der Waals surface area contributed by atoms with Crippen LogP contribution in [0.25, 0.3) is 0 Å². The van der Waals surface area contributed by atoms with Crippen molar-refractivity contribution in [3.63, 3.8) is 0 Å². The van der Waals surface area contributed by atoms with Gasteiger partial charge in [-0.2, -0.15) is 0 Å². The van der Waals surface area contributed by atoms with Crippen molar-refractivity contribution in [2.45, 2.75) is 39.2 Å². The molecule has 0 aliphatic rings. The van der Waals surface area contributed by atoms with Crippen LogP contribution in [0.3, 0.4) is 0 Å². The van der Waals surface area contributed by atoms with Crippen LogP contribution in [0.5, 0.6) is 0 Å². The first-order chi connectivity index (χ1) is 8.08. The molecule has 1 aromatic carbocycles. The Labute approximate surface area is 111 Å². The first-order valence-corrected chi connectivity index (χ1v) is 6.77. The molecule has 2 unspecified atom stereocenters. The van der Waals surface area contributed by atoms with Crippen LogP contribution < -0.4 is 11.3 Å². The number of hydrazine groups is 1. The van der Waals surface area contributed by atoms with E-state index in [1.165, 1.54) is 6.07 Å².